The number of amides is 3. The van der Waals surface area contributed by atoms with Crippen LogP contribution in [0.25, 0.3) is 0 Å². The van der Waals surface area contributed by atoms with Gasteiger partial charge in [-0.15, -0.1) is 5.10 Å². The third-order valence-electron chi connectivity index (χ3n) is 5.44. The summed E-state index contributed by atoms with van der Waals surface area (Å²) in [6.07, 6.45) is 5.21. The first-order valence-corrected chi connectivity index (χ1v) is 8.97. The van der Waals surface area contributed by atoms with E-state index in [9.17, 15) is 14.4 Å². The second kappa shape index (κ2) is 5.87. The third-order valence-corrected chi connectivity index (χ3v) is 5.44. The molecular weight excluding hydrogens is 346 g/mol. The Bertz CT molecular complexity index is 954. The van der Waals surface area contributed by atoms with Gasteiger partial charge in [0.1, 0.15) is 0 Å². The molecule has 1 aromatic heterocycles. The van der Waals surface area contributed by atoms with Gasteiger partial charge in [-0.05, 0) is 18.4 Å². The summed E-state index contributed by atoms with van der Waals surface area (Å²) in [7, 11) is 0. The van der Waals surface area contributed by atoms with E-state index in [0.29, 0.717) is 12.8 Å². The Hall–Kier alpha value is -3.29. The average Bonchev–Trinajstić information content (AvgIpc) is 3.21. The van der Waals surface area contributed by atoms with E-state index >= 15 is 0 Å². The summed E-state index contributed by atoms with van der Waals surface area (Å²) in [6.45, 7) is 0. The first-order valence-electron chi connectivity index (χ1n) is 8.97. The smallest absolute Gasteiger partial charge is 0.260 e. The Morgan fingerprint density at radius 1 is 0.963 bits per heavy atom. The Kier molecular flexibility index (Phi) is 3.46. The van der Waals surface area contributed by atoms with Gasteiger partial charge >= 0.3 is 0 Å². The fourth-order valence-corrected chi connectivity index (χ4v) is 4.08. The summed E-state index contributed by atoms with van der Waals surface area (Å²) in [5.74, 6) is -1.10. The maximum atomic E-state index is 12.8. The van der Waals surface area contributed by atoms with Crippen LogP contribution in [0, 0.1) is 11.8 Å². The highest BCUT2D eigenvalue weighted by Gasteiger charge is 2.49. The first-order chi connectivity index (χ1) is 13.1. The molecule has 3 atom stereocenters. The number of nitrogens with one attached hydrogen (secondary N) is 1. The highest BCUT2D eigenvalue weighted by atomic mass is 16.2. The van der Waals surface area contributed by atoms with E-state index in [1.165, 1.54) is 0 Å². The lowest BCUT2D eigenvalue weighted by Crippen LogP contribution is -2.32. The normalized spacial score (nSPS) is 26.7. The van der Waals surface area contributed by atoms with Gasteiger partial charge in [-0.3, -0.25) is 19.7 Å². The minimum Gasteiger partial charge on any atom is -0.295 e. The highest BCUT2D eigenvalue weighted by Crippen LogP contribution is 2.38. The molecule has 3 amide bonds. The number of aromatic nitrogens is 3. The Morgan fingerprint density at radius 2 is 1.63 bits per heavy atom. The number of benzene rings is 1. The molecule has 2 aromatic rings. The van der Waals surface area contributed by atoms with Crippen molar-refractivity contribution in [2.75, 3.05) is 10.2 Å². The van der Waals surface area contributed by atoms with Crippen LogP contribution in [0.5, 0.6) is 0 Å². The van der Waals surface area contributed by atoms with Gasteiger partial charge in [-0.2, -0.15) is 4.98 Å². The molecule has 8 nitrogen and oxygen atoms in total. The quantitative estimate of drug-likeness (QED) is 0.647. The molecule has 3 aliphatic rings. The average molecular weight is 363 g/mol. The van der Waals surface area contributed by atoms with Gasteiger partial charge in [0, 0.05) is 0 Å². The number of carbonyl (C=O) groups is 3. The van der Waals surface area contributed by atoms with Crippen molar-refractivity contribution in [2.45, 2.75) is 25.3 Å². The summed E-state index contributed by atoms with van der Waals surface area (Å²) in [5.41, 5.74) is 0.919. The van der Waals surface area contributed by atoms with E-state index in [4.69, 9.17) is 0 Å². The predicted molar refractivity (Wildman–Crippen MR) is 95.7 cm³/mol. The van der Waals surface area contributed by atoms with Crippen LogP contribution in [0.2, 0.25) is 0 Å². The molecule has 8 heteroatoms. The van der Waals surface area contributed by atoms with Crippen LogP contribution in [-0.2, 0) is 14.4 Å². The zero-order valence-corrected chi connectivity index (χ0v) is 14.4. The lowest BCUT2D eigenvalue weighted by atomic mass is 9.85. The highest BCUT2D eigenvalue weighted by molar-refractivity contribution is 6.21. The molecule has 1 fully saturated rings. The number of nitrogens with zero attached hydrogens (tertiary/aromatic N) is 4. The van der Waals surface area contributed by atoms with E-state index in [0.717, 1.165) is 10.5 Å². The van der Waals surface area contributed by atoms with E-state index in [1.54, 1.807) is 4.68 Å². The van der Waals surface area contributed by atoms with Crippen LogP contribution in [-0.4, -0.2) is 32.5 Å². The van der Waals surface area contributed by atoms with Crippen molar-refractivity contribution in [3.8, 4) is 0 Å². The van der Waals surface area contributed by atoms with Crippen molar-refractivity contribution in [1.29, 1.82) is 0 Å². The van der Waals surface area contributed by atoms with Crippen molar-refractivity contribution in [2.24, 2.45) is 11.8 Å². The fraction of sp³-hybridized carbons (Fsp3) is 0.316. The number of carbonyl (C=O) groups excluding carboxylic acids is 3. The molecule has 0 spiro atoms. The molecule has 0 saturated carbocycles. The molecule has 2 aliphatic heterocycles. The summed E-state index contributed by atoms with van der Waals surface area (Å²) >= 11 is 0. The zero-order chi connectivity index (χ0) is 18.5. The van der Waals surface area contributed by atoms with Crippen molar-refractivity contribution in [3.05, 3.63) is 48.0 Å². The molecule has 1 N–H and O–H groups in total. The van der Waals surface area contributed by atoms with E-state index in [2.05, 4.69) is 15.4 Å². The number of rotatable bonds is 2. The molecule has 0 radical (unpaired) electrons. The second-order valence-electron chi connectivity index (χ2n) is 7.03. The standard InChI is InChI=1S/C19H17N5O3/c25-15-10-14(11-6-2-1-3-7-11)24-18(20-15)21-19(22-24)23-16(26)12-8-4-5-9-13(12)17(23)27/h1-7,12-14H,8-10H2,(H,20,21,22,25)/t12-,13+,14-/m0/s1. The van der Waals surface area contributed by atoms with Gasteiger partial charge in [-0.25, -0.2) is 9.58 Å². The van der Waals surface area contributed by atoms with Crippen LogP contribution in [0.4, 0.5) is 11.9 Å². The summed E-state index contributed by atoms with van der Waals surface area (Å²) in [5, 5.41) is 7.12. The number of anilines is 2. The molecular formula is C19H17N5O3. The monoisotopic (exact) mass is 363 g/mol. The maximum Gasteiger partial charge on any atom is 0.260 e. The molecule has 3 heterocycles. The Morgan fingerprint density at radius 3 is 2.30 bits per heavy atom. The van der Waals surface area contributed by atoms with Crippen LogP contribution in [0.1, 0.15) is 30.9 Å². The van der Waals surface area contributed by atoms with E-state index in [1.807, 2.05) is 42.5 Å². The largest absolute Gasteiger partial charge is 0.295 e. The molecule has 0 unspecified atom stereocenters. The molecule has 0 bridgehead atoms. The minimum absolute atomic E-state index is 0.0394. The molecule has 1 saturated heterocycles. The van der Waals surface area contributed by atoms with Crippen LogP contribution in [0.3, 0.4) is 0 Å². The van der Waals surface area contributed by atoms with Crippen LogP contribution >= 0.6 is 0 Å². The number of hydrogen-bond donors (Lipinski definition) is 1. The van der Waals surface area contributed by atoms with E-state index in [-0.39, 0.29) is 53.9 Å². The molecule has 5 rings (SSSR count). The SMILES string of the molecule is O=C1C[C@@H](c2ccccc2)n2nc(N3C(=O)[C@H]4CC=CC[C@H]4C3=O)nc2N1. The molecule has 27 heavy (non-hydrogen) atoms. The lowest BCUT2D eigenvalue weighted by Gasteiger charge is -2.23. The Balaban J connectivity index is 1.54. The van der Waals surface area contributed by atoms with Crippen LogP contribution < -0.4 is 10.2 Å². The minimum atomic E-state index is -0.345. The van der Waals surface area contributed by atoms with Gasteiger partial charge in [-0.1, -0.05) is 42.5 Å². The Labute approximate surface area is 154 Å². The van der Waals surface area contributed by atoms with Gasteiger partial charge in [0.2, 0.25) is 23.7 Å². The van der Waals surface area contributed by atoms with Gasteiger partial charge < -0.3 is 0 Å². The third kappa shape index (κ3) is 2.40. The predicted octanol–water partition coefficient (Wildman–Crippen LogP) is 1.67. The lowest BCUT2D eigenvalue weighted by molar-refractivity contribution is -0.122. The van der Waals surface area contributed by atoms with Crippen molar-refractivity contribution in [1.82, 2.24) is 14.8 Å². The molecule has 1 aliphatic carbocycles. The topological polar surface area (TPSA) is 97.2 Å². The maximum absolute atomic E-state index is 12.8. The summed E-state index contributed by atoms with van der Waals surface area (Å²) in [6, 6.07) is 9.20. The molecule has 1 aromatic carbocycles. The number of allylic oxidation sites excluding steroid dienone is 2. The van der Waals surface area contributed by atoms with Crippen molar-refractivity contribution in [3.63, 3.8) is 0 Å². The number of hydrogen-bond acceptors (Lipinski definition) is 5. The molecule has 136 valence electrons. The van der Waals surface area contributed by atoms with Crippen molar-refractivity contribution >= 4 is 29.6 Å². The summed E-state index contributed by atoms with van der Waals surface area (Å²) < 4.78 is 1.59. The van der Waals surface area contributed by atoms with Gasteiger partial charge in [0.15, 0.2) is 0 Å². The van der Waals surface area contributed by atoms with Crippen LogP contribution in [0.15, 0.2) is 42.5 Å². The van der Waals surface area contributed by atoms with Gasteiger partial charge in [0.05, 0.1) is 24.3 Å². The number of imide groups is 1. The summed E-state index contributed by atoms with van der Waals surface area (Å²) in [4.78, 5) is 43.1. The zero-order valence-electron chi connectivity index (χ0n) is 14.4. The first kappa shape index (κ1) is 15.9. The van der Waals surface area contributed by atoms with Gasteiger partial charge in [0.25, 0.3) is 5.95 Å². The number of fused-ring (bicyclic) bond motifs is 2. The van der Waals surface area contributed by atoms with Crippen molar-refractivity contribution < 1.29 is 14.4 Å². The second-order valence-corrected chi connectivity index (χ2v) is 7.03. The fourth-order valence-electron chi connectivity index (χ4n) is 4.08. The van der Waals surface area contributed by atoms with E-state index < -0.39 is 0 Å².